The highest BCUT2D eigenvalue weighted by atomic mass is 16.2. The molecule has 104 valence electrons. The van der Waals surface area contributed by atoms with Crippen LogP contribution in [0.25, 0.3) is 0 Å². The van der Waals surface area contributed by atoms with Gasteiger partial charge in [0.05, 0.1) is 6.54 Å². The molecular weight excluding hydrogens is 232 g/mol. The van der Waals surface area contributed by atoms with Crippen molar-refractivity contribution in [2.24, 2.45) is 11.1 Å². The summed E-state index contributed by atoms with van der Waals surface area (Å²) in [6.07, 6.45) is 0. The van der Waals surface area contributed by atoms with Gasteiger partial charge in [-0.25, -0.2) is 4.79 Å². The van der Waals surface area contributed by atoms with E-state index in [1.165, 1.54) is 4.90 Å². The maximum absolute atomic E-state index is 11.4. The van der Waals surface area contributed by atoms with E-state index in [1.54, 1.807) is 0 Å². The van der Waals surface area contributed by atoms with E-state index in [1.807, 2.05) is 0 Å². The molecule has 0 aromatic carbocycles. The van der Waals surface area contributed by atoms with E-state index >= 15 is 0 Å². The van der Waals surface area contributed by atoms with Crippen LogP contribution in [0.5, 0.6) is 0 Å². The van der Waals surface area contributed by atoms with E-state index in [9.17, 15) is 9.59 Å². The fourth-order valence-corrected chi connectivity index (χ4v) is 1.94. The molecule has 6 nitrogen and oxygen atoms in total. The van der Waals surface area contributed by atoms with Gasteiger partial charge in [-0.1, -0.05) is 20.8 Å². The molecule has 0 saturated carbocycles. The third kappa shape index (κ3) is 3.96. The van der Waals surface area contributed by atoms with Crippen molar-refractivity contribution in [2.45, 2.75) is 20.8 Å². The van der Waals surface area contributed by atoms with Gasteiger partial charge < -0.3 is 16.0 Å². The Bertz CT molecular complexity index is 301. The molecule has 0 aliphatic carbocycles. The lowest BCUT2D eigenvalue weighted by atomic mass is 9.93. The van der Waals surface area contributed by atoms with Crippen molar-refractivity contribution < 1.29 is 9.59 Å². The highest BCUT2D eigenvalue weighted by Crippen LogP contribution is 2.14. The molecule has 0 unspecified atom stereocenters. The molecule has 0 atom stereocenters. The highest BCUT2D eigenvalue weighted by molar-refractivity contribution is 6.01. The lowest BCUT2D eigenvalue weighted by Gasteiger charge is -2.31. The topological polar surface area (TPSA) is 78.7 Å². The number of imide groups is 1. The summed E-state index contributed by atoms with van der Waals surface area (Å²) < 4.78 is 0. The van der Waals surface area contributed by atoms with Crippen molar-refractivity contribution in [1.29, 1.82) is 0 Å². The maximum atomic E-state index is 11.4. The summed E-state index contributed by atoms with van der Waals surface area (Å²) in [5.74, 6) is -0.144. The fourth-order valence-electron chi connectivity index (χ4n) is 1.94. The molecule has 1 saturated heterocycles. The predicted octanol–water partition coefficient (Wildman–Crippen LogP) is -0.155. The van der Waals surface area contributed by atoms with Crippen molar-refractivity contribution in [2.75, 3.05) is 39.3 Å². The van der Waals surface area contributed by atoms with Crippen LogP contribution in [0, 0.1) is 5.41 Å². The molecule has 0 radical (unpaired) electrons. The normalized spacial score (nSPS) is 16.6. The van der Waals surface area contributed by atoms with Gasteiger partial charge in [-0.05, 0) is 18.5 Å². The first-order valence-electron chi connectivity index (χ1n) is 6.40. The smallest absolute Gasteiger partial charge is 0.324 e. The average Bonchev–Trinajstić information content (AvgIpc) is 2.65. The van der Waals surface area contributed by atoms with E-state index in [-0.39, 0.29) is 23.9 Å². The number of likely N-dealkylation sites (N-methyl/N-ethyl adjacent to an activating group) is 1. The molecule has 6 heteroatoms. The van der Waals surface area contributed by atoms with Crippen LogP contribution >= 0.6 is 0 Å². The number of rotatable bonds is 7. The average molecular weight is 256 g/mol. The number of amides is 3. The van der Waals surface area contributed by atoms with Crippen LogP contribution in [0.4, 0.5) is 4.79 Å². The molecule has 3 N–H and O–H groups in total. The third-order valence-electron chi connectivity index (χ3n) is 3.23. The first-order valence-corrected chi connectivity index (χ1v) is 6.40. The van der Waals surface area contributed by atoms with Gasteiger partial charge in [0.25, 0.3) is 0 Å². The summed E-state index contributed by atoms with van der Waals surface area (Å²) in [4.78, 5) is 26.3. The molecule has 1 heterocycles. The molecule has 1 fully saturated rings. The van der Waals surface area contributed by atoms with Crippen molar-refractivity contribution in [3.8, 4) is 0 Å². The fraction of sp³-hybridized carbons (Fsp3) is 0.833. The highest BCUT2D eigenvalue weighted by Gasteiger charge is 2.28. The van der Waals surface area contributed by atoms with Gasteiger partial charge in [0.1, 0.15) is 0 Å². The van der Waals surface area contributed by atoms with Gasteiger partial charge in [-0.2, -0.15) is 0 Å². The molecule has 18 heavy (non-hydrogen) atoms. The van der Waals surface area contributed by atoms with Gasteiger partial charge in [-0.3, -0.25) is 9.69 Å². The zero-order chi connectivity index (χ0) is 13.8. The molecule has 1 rings (SSSR count). The lowest BCUT2D eigenvalue weighted by Crippen LogP contribution is -2.43. The molecule has 1 aliphatic heterocycles. The Morgan fingerprint density at radius 2 is 2.11 bits per heavy atom. The minimum atomic E-state index is -0.283. The van der Waals surface area contributed by atoms with Crippen LogP contribution in [-0.4, -0.2) is 61.0 Å². The van der Waals surface area contributed by atoms with E-state index in [0.717, 1.165) is 13.1 Å². The van der Waals surface area contributed by atoms with Crippen LogP contribution in [0.2, 0.25) is 0 Å². The van der Waals surface area contributed by atoms with Crippen molar-refractivity contribution in [3.05, 3.63) is 0 Å². The van der Waals surface area contributed by atoms with Crippen molar-refractivity contribution in [1.82, 2.24) is 15.1 Å². The number of hydrogen-bond donors (Lipinski definition) is 2. The largest absolute Gasteiger partial charge is 0.330 e. The maximum Gasteiger partial charge on any atom is 0.324 e. The van der Waals surface area contributed by atoms with Crippen molar-refractivity contribution >= 4 is 11.9 Å². The number of nitrogens with one attached hydrogen (secondary N) is 1. The predicted molar refractivity (Wildman–Crippen MR) is 70.1 cm³/mol. The number of carbonyl (C=O) groups excluding carboxylic acids is 2. The van der Waals surface area contributed by atoms with Gasteiger partial charge in [0.2, 0.25) is 5.91 Å². The molecule has 0 aromatic rings. The Morgan fingerprint density at radius 1 is 1.44 bits per heavy atom. The summed E-state index contributed by atoms with van der Waals surface area (Å²) >= 11 is 0. The number of nitrogens with zero attached hydrogens (tertiary/aromatic N) is 2. The summed E-state index contributed by atoms with van der Waals surface area (Å²) in [5.41, 5.74) is 5.77. The molecule has 3 amide bonds. The van der Waals surface area contributed by atoms with Crippen LogP contribution < -0.4 is 11.1 Å². The van der Waals surface area contributed by atoms with E-state index in [0.29, 0.717) is 19.6 Å². The third-order valence-corrected chi connectivity index (χ3v) is 3.23. The monoisotopic (exact) mass is 256 g/mol. The lowest BCUT2D eigenvalue weighted by molar-refractivity contribution is -0.125. The van der Waals surface area contributed by atoms with E-state index in [4.69, 9.17) is 5.73 Å². The minimum Gasteiger partial charge on any atom is -0.330 e. The number of nitrogens with two attached hydrogens (primary N) is 1. The molecule has 0 aromatic heterocycles. The molecule has 0 bridgehead atoms. The number of carbonyl (C=O) groups is 2. The van der Waals surface area contributed by atoms with Crippen LogP contribution in [0.1, 0.15) is 20.8 Å². The zero-order valence-electron chi connectivity index (χ0n) is 11.5. The number of urea groups is 1. The van der Waals surface area contributed by atoms with Crippen LogP contribution in [0.3, 0.4) is 0 Å². The summed E-state index contributed by atoms with van der Waals surface area (Å²) in [6, 6.07) is -0.283. The Kier molecular flexibility index (Phi) is 5.10. The Hall–Kier alpha value is -1.14. The summed E-state index contributed by atoms with van der Waals surface area (Å²) in [5, 5.41) is 2.52. The van der Waals surface area contributed by atoms with Gasteiger partial charge in [0.15, 0.2) is 0 Å². The second kappa shape index (κ2) is 6.15. The molecule has 0 spiro atoms. The Balaban J connectivity index is 2.44. The first-order chi connectivity index (χ1) is 8.39. The molecular formula is C12H24N4O2. The first kappa shape index (κ1) is 14.9. The van der Waals surface area contributed by atoms with Gasteiger partial charge >= 0.3 is 6.03 Å². The van der Waals surface area contributed by atoms with Crippen LogP contribution in [0.15, 0.2) is 0 Å². The minimum absolute atomic E-state index is 0.0489. The standard InChI is InChI=1S/C12H24N4O2/c1-4-15(9-12(2,3)8-13)5-6-16-10(17)7-14-11(16)18/h4-9,13H2,1-3H3,(H,14,18). The van der Waals surface area contributed by atoms with Gasteiger partial charge in [-0.15, -0.1) is 0 Å². The number of hydrogen-bond acceptors (Lipinski definition) is 4. The molecule has 1 aliphatic rings. The van der Waals surface area contributed by atoms with E-state index in [2.05, 4.69) is 31.0 Å². The van der Waals surface area contributed by atoms with Crippen molar-refractivity contribution in [3.63, 3.8) is 0 Å². The van der Waals surface area contributed by atoms with E-state index < -0.39 is 0 Å². The second-order valence-corrected chi connectivity index (χ2v) is 5.44. The zero-order valence-corrected chi connectivity index (χ0v) is 11.5. The second-order valence-electron chi connectivity index (χ2n) is 5.44. The van der Waals surface area contributed by atoms with Gasteiger partial charge in [0, 0.05) is 19.6 Å². The summed E-state index contributed by atoms with van der Waals surface area (Å²) in [6.45, 7) is 9.92. The quantitative estimate of drug-likeness (QED) is 0.621. The van der Waals surface area contributed by atoms with Crippen LogP contribution in [-0.2, 0) is 4.79 Å². The SMILES string of the molecule is CCN(CCN1C(=O)CNC1=O)CC(C)(C)CN. The Morgan fingerprint density at radius 3 is 2.56 bits per heavy atom. The Labute approximate surface area is 108 Å². The summed E-state index contributed by atoms with van der Waals surface area (Å²) in [7, 11) is 0.